The number of nitrogens with one attached hydrogen (secondary N) is 1. The number of aliphatic carboxylic acids is 1. The molecule has 0 aromatic heterocycles. The fourth-order valence-corrected chi connectivity index (χ4v) is 2.36. The van der Waals surface area contributed by atoms with E-state index in [9.17, 15) is 20.1 Å². The van der Waals surface area contributed by atoms with Crippen LogP contribution in [0.2, 0.25) is 0 Å². The average Bonchev–Trinajstić information content (AvgIpc) is 2.48. The first-order chi connectivity index (χ1) is 10.5. The second-order valence-corrected chi connectivity index (χ2v) is 5.64. The molecule has 0 fully saturated rings. The third-order valence-electron chi connectivity index (χ3n) is 3.70. The van der Waals surface area contributed by atoms with Crippen LogP contribution < -0.4 is 5.32 Å². The third-order valence-corrected chi connectivity index (χ3v) is 3.70. The molecule has 0 aliphatic carbocycles. The molecule has 1 atom stereocenters. The van der Waals surface area contributed by atoms with Crippen LogP contribution in [-0.2, 0) is 11.2 Å². The van der Waals surface area contributed by atoms with Crippen LogP contribution in [0.15, 0.2) is 18.2 Å². The van der Waals surface area contributed by atoms with Crippen LogP contribution >= 0.6 is 0 Å². The van der Waals surface area contributed by atoms with Gasteiger partial charge in [-0.05, 0) is 37.1 Å². The van der Waals surface area contributed by atoms with Gasteiger partial charge in [-0.1, -0.05) is 45.1 Å². The Kier molecular flexibility index (Phi) is 8.36. The van der Waals surface area contributed by atoms with Crippen LogP contribution in [0.4, 0.5) is 0 Å². The van der Waals surface area contributed by atoms with Gasteiger partial charge >= 0.3 is 5.97 Å². The van der Waals surface area contributed by atoms with Crippen molar-refractivity contribution in [3.8, 4) is 11.5 Å². The van der Waals surface area contributed by atoms with E-state index in [0.29, 0.717) is 12.1 Å². The molecular weight excluding hydrogens is 282 g/mol. The Labute approximate surface area is 132 Å². The van der Waals surface area contributed by atoms with Crippen molar-refractivity contribution in [1.82, 2.24) is 5.32 Å². The zero-order valence-corrected chi connectivity index (χ0v) is 13.2. The maximum Gasteiger partial charge on any atom is 0.321 e. The van der Waals surface area contributed by atoms with E-state index < -0.39 is 12.0 Å². The molecule has 0 saturated heterocycles. The lowest BCUT2D eigenvalue weighted by atomic mass is 10.0. The summed E-state index contributed by atoms with van der Waals surface area (Å²) in [6, 6.07) is 3.71. The van der Waals surface area contributed by atoms with Crippen molar-refractivity contribution in [3.63, 3.8) is 0 Å². The predicted octanol–water partition coefficient (Wildman–Crippen LogP) is 3.04. The van der Waals surface area contributed by atoms with Crippen molar-refractivity contribution < 1.29 is 20.1 Å². The molecule has 124 valence electrons. The van der Waals surface area contributed by atoms with E-state index in [2.05, 4.69) is 12.2 Å². The quantitative estimate of drug-likeness (QED) is 0.373. The number of hydrogen-bond donors (Lipinski definition) is 4. The Bertz CT molecular complexity index is 462. The first-order valence-corrected chi connectivity index (χ1v) is 8.01. The molecule has 0 heterocycles. The van der Waals surface area contributed by atoms with Gasteiger partial charge in [0.2, 0.25) is 0 Å². The van der Waals surface area contributed by atoms with Gasteiger partial charge in [0, 0.05) is 0 Å². The number of aromatic hydroxyl groups is 2. The van der Waals surface area contributed by atoms with Crippen LogP contribution in [0.1, 0.15) is 51.0 Å². The van der Waals surface area contributed by atoms with E-state index >= 15 is 0 Å². The number of rotatable bonds is 11. The summed E-state index contributed by atoms with van der Waals surface area (Å²) < 4.78 is 0. The first kappa shape index (κ1) is 18.3. The number of carboxylic acids is 1. The normalized spacial score (nSPS) is 12.2. The largest absolute Gasteiger partial charge is 0.504 e. The van der Waals surface area contributed by atoms with E-state index in [-0.39, 0.29) is 17.9 Å². The SMILES string of the molecule is CCCCCCCCN[C@@H](Cc1ccc(O)c(O)c1)C(=O)O. The minimum atomic E-state index is -0.904. The lowest BCUT2D eigenvalue weighted by Gasteiger charge is -2.15. The summed E-state index contributed by atoms with van der Waals surface area (Å²) in [5.41, 5.74) is 0.679. The third kappa shape index (κ3) is 6.80. The maximum absolute atomic E-state index is 11.3. The van der Waals surface area contributed by atoms with Gasteiger partial charge in [0.25, 0.3) is 0 Å². The standard InChI is InChI=1S/C17H27NO4/c1-2-3-4-5-6-7-10-18-14(17(21)22)11-13-8-9-15(19)16(20)12-13/h8-9,12,14,18-20H,2-7,10-11H2,1H3,(H,21,22)/t14-/m0/s1. The van der Waals surface area contributed by atoms with Gasteiger partial charge in [-0.3, -0.25) is 4.79 Å². The van der Waals surface area contributed by atoms with Gasteiger partial charge in [-0.2, -0.15) is 0 Å². The van der Waals surface area contributed by atoms with Crippen molar-refractivity contribution in [2.24, 2.45) is 0 Å². The van der Waals surface area contributed by atoms with E-state index in [1.165, 1.54) is 37.8 Å². The van der Waals surface area contributed by atoms with Crippen molar-refractivity contribution in [2.45, 2.75) is 57.9 Å². The second kappa shape index (κ2) is 10.1. The van der Waals surface area contributed by atoms with E-state index in [4.69, 9.17) is 0 Å². The van der Waals surface area contributed by atoms with Crippen molar-refractivity contribution in [1.29, 1.82) is 0 Å². The molecule has 1 aromatic rings. The lowest BCUT2D eigenvalue weighted by molar-refractivity contribution is -0.139. The Hall–Kier alpha value is -1.75. The summed E-state index contributed by atoms with van der Waals surface area (Å²) in [6.45, 7) is 2.85. The molecule has 0 aliphatic heterocycles. The summed E-state index contributed by atoms with van der Waals surface area (Å²) in [4.78, 5) is 11.3. The molecule has 0 saturated carbocycles. The first-order valence-electron chi connectivity index (χ1n) is 8.01. The van der Waals surface area contributed by atoms with Crippen molar-refractivity contribution >= 4 is 5.97 Å². The number of hydrogen-bond acceptors (Lipinski definition) is 4. The van der Waals surface area contributed by atoms with Gasteiger partial charge in [0.05, 0.1) is 0 Å². The molecular formula is C17H27NO4. The monoisotopic (exact) mass is 309 g/mol. The minimum Gasteiger partial charge on any atom is -0.504 e. The lowest BCUT2D eigenvalue weighted by Crippen LogP contribution is -2.39. The van der Waals surface area contributed by atoms with Crippen LogP contribution in [0, 0.1) is 0 Å². The molecule has 0 amide bonds. The highest BCUT2D eigenvalue weighted by Gasteiger charge is 2.17. The summed E-state index contributed by atoms with van der Waals surface area (Å²) in [5.74, 6) is -1.33. The summed E-state index contributed by atoms with van der Waals surface area (Å²) >= 11 is 0. The Balaban J connectivity index is 2.36. The number of unbranched alkanes of at least 4 members (excludes halogenated alkanes) is 5. The zero-order valence-electron chi connectivity index (χ0n) is 13.2. The highest BCUT2D eigenvalue weighted by molar-refractivity contribution is 5.74. The Morgan fingerprint density at radius 1 is 1.09 bits per heavy atom. The van der Waals surface area contributed by atoms with Gasteiger partial charge in [-0.15, -0.1) is 0 Å². The molecule has 0 aliphatic rings. The molecule has 0 bridgehead atoms. The number of phenols is 2. The number of carboxylic acid groups (broad SMARTS) is 1. The van der Waals surface area contributed by atoms with Gasteiger partial charge in [0.1, 0.15) is 6.04 Å². The van der Waals surface area contributed by atoms with Crippen molar-refractivity contribution in [3.05, 3.63) is 23.8 Å². The fraction of sp³-hybridized carbons (Fsp3) is 0.588. The number of phenolic OH excluding ortho intramolecular Hbond substituents is 2. The van der Waals surface area contributed by atoms with E-state index in [1.807, 2.05) is 0 Å². The molecule has 5 heteroatoms. The predicted molar refractivity (Wildman–Crippen MR) is 86.3 cm³/mol. The Morgan fingerprint density at radius 2 is 1.77 bits per heavy atom. The summed E-state index contributed by atoms with van der Waals surface area (Å²) in [6.07, 6.45) is 7.27. The van der Waals surface area contributed by atoms with Crippen LogP contribution in [0.25, 0.3) is 0 Å². The Morgan fingerprint density at radius 3 is 2.41 bits per heavy atom. The van der Waals surface area contributed by atoms with E-state index in [1.54, 1.807) is 6.07 Å². The fourth-order valence-electron chi connectivity index (χ4n) is 2.36. The molecule has 22 heavy (non-hydrogen) atoms. The topological polar surface area (TPSA) is 89.8 Å². The summed E-state index contributed by atoms with van der Waals surface area (Å²) in [7, 11) is 0. The second-order valence-electron chi connectivity index (χ2n) is 5.64. The van der Waals surface area contributed by atoms with Crippen LogP contribution in [0.3, 0.4) is 0 Å². The van der Waals surface area contributed by atoms with E-state index in [0.717, 1.165) is 12.8 Å². The van der Waals surface area contributed by atoms with Gasteiger partial charge in [0.15, 0.2) is 11.5 Å². The molecule has 0 unspecified atom stereocenters. The maximum atomic E-state index is 11.3. The summed E-state index contributed by atoms with van der Waals surface area (Å²) in [5, 5.41) is 31.0. The average molecular weight is 309 g/mol. The van der Waals surface area contributed by atoms with Crippen molar-refractivity contribution in [2.75, 3.05) is 6.54 Å². The molecule has 4 N–H and O–H groups in total. The smallest absolute Gasteiger partial charge is 0.321 e. The molecule has 0 radical (unpaired) electrons. The number of benzene rings is 1. The van der Waals surface area contributed by atoms with Gasteiger partial charge < -0.3 is 20.6 Å². The van der Waals surface area contributed by atoms with Crippen LogP contribution in [0.5, 0.6) is 11.5 Å². The molecule has 1 aromatic carbocycles. The number of carbonyl (C=O) groups is 1. The highest BCUT2D eigenvalue weighted by atomic mass is 16.4. The molecule has 5 nitrogen and oxygen atoms in total. The zero-order chi connectivity index (χ0) is 16.4. The van der Waals surface area contributed by atoms with Gasteiger partial charge in [-0.25, -0.2) is 0 Å². The highest BCUT2D eigenvalue weighted by Crippen LogP contribution is 2.25. The molecule has 1 rings (SSSR count). The molecule has 0 spiro atoms. The minimum absolute atomic E-state index is 0.198. The van der Waals surface area contributed by atoms with Crippen LogP contribution in [-0.4, -0.2) is 33.9 Å².